The predicted molar refractivity (Wildman–Crippen MR) is 196 cm³/mol. The summed E-state index contributed by atoms with van der Waals surface area (Å²) in [5, 5.41) is 3.41. The van der Waals surface area contributed by atoms with Gasteiger partial charge in [-0.05, 0) is 90.5 Å². The van der Waals surface area contributed by atoms with Gasteiger partial charge in [0.2, 0.25) is 0 Å². The van der Waals surface area contributed by atoms with E-state index >= 15 is 0 Å². The zero-order valence-electron chi connectivity index (χ0n) is 26.7. The van der Waals surface area contributed by atoms with Crippen LogP contribution < -0.4 is 5.19 Å². The van der Waals surface area contributed by atoms with Crippen LogP contribution in [0.4, 0.5) is 0 Å². The third kappa shape index (κ3) is 7.23. The predicted octanol–water partition coefficient (Wildman–Crippen LogP) is 12.0. The number of benzene rings is 3. The Balaban J connectivity index is 1.96. The second kappa shape index (κ2) is 16.3. The minimum atomic E-state index is -3.16. The lowest BCUT2D eigenvalue weighted by atomic mass is 9.70. The van der Waals surface area contributed by atoms with Crippen LogP contribution in [0, 0.1) is 0 Å². The van der Waals surface area contributed by atoms with Crippen molar-refractivity contribution in [3.8, 4) is 11.1 Å². The number of hydrogen-bond donors (Lipinski definition) is 0. The van der Waals surface area contributed by atoms with E-state index in [0.717, 1.165) is 36.8 Å². The molecule has 0 spiro atoms. The standard InChI is InChI=1S/C36H49Br3O3Si/c1-6-8-10-12-14-16-21-36(22-17-15-13-11-9-7-2)28-24-32(39)31(38)23-27(28)34-29(36)25-33(43(40-3,41-4)42-5)26-19-18-20-30(37)35(26)34/h18-20,23-25H,6-17,21-22H2,1-5H3. The Bertz CT molecular complexity index is 1350. The van der Waals surface area contributed by atoms with Gasteiger partial charge < -0.3 is 13.3 Å². The average Bonchev–Trinajstić information content (AvgIpc) is 3.26. The lowest BCUT2D eigenvalue weighted by Gasteiger charge is -2.34. The molecule has 0 N–H and O–H groups in total. The van der Waals surface area contributed by atoms with Crippen LogP contribution in [-0.2, 0) is 18.7 Å². The van der Waals surface area contributed by atoms with Gasteiger partial charge in [0.25, 0.3) is 0 Å². The Morgan fingerprint density at radius 2 is 1.16 bits per heavy atom. The molecule has 0 aliphatic heterocycles. The van der Waals surface area contributed by atoms with Crippen molar-refractivity contribution in [1.29, 1.82) is 0 Å². The molecule has 0 radical (unpaired) electrons. The van der Waals surface area contributed by atoms with E-state index < -0.39 is 8.80 Å². The number of halogens is 3. The summed E-state index contributed by atoms with van der Waals surface area (Å²) in [6.07, 6.45) is 17.8. The molecule has 1 aliphatic rings. The third-order valence-electron chi connectivity index (χ3n) is 9.52. The van der Waals surface area contributed by atoms with Crippen LogP contribution in [0.15, 0.2) is 49.8 Å². The zero-order chi connectivity index (χ0) is 31.0. The fourth-order valence-corrected chi connectivity index (χ4v) is 10.6. The second-order valence-corrected chi connectivity index (χ2v) is 17.5. The molecule has 0 atom stereocenters. The number of unbranched alkanes of at least 4 members (excludes halogenated alkanes) is 10. The molecule has 0 aromatic heterocycles. The topological polar surface area (TPSA) is 27.7 Å². The molecule has 0 saturated heterocycles. The van der Waals surface area contributed by atoms with Gasteiger partial charge in [0.1, 0.15) is 0 Å². The van der Waals surface area contributed by atoms with Crippen molar-refractivity contribution in [2.75, 3.05) is 21.3 Å². The number of rotatable bonds is 18. The Kier molecular flexibility index (Phi) is 13.4. The van der Waals surface area contributed by atoms with Gasteiger partial charge in [-0.15, -0.1) is 0 Å². The zero-order valence-corrected chi connectivity index (χ0v) is 32.5. The molecular formula is C36H49Br3O3Si. The minimum Gasteiger partial charge on any atom is -0.373 e. The van der Waals surface area contributed by atoms with Gasteiger partial charge in [0, 0.05) is 50.7 Å². The highest BCUT2D eigenvalue weighted by atomic mass is 79.9. The molecule has 0 heterocycles. The lowest BCUT2D eigenvalue weighted by Crippen LogP contribution is -2.55. The molecule has 4 rings (SSSR count). The molecule has 0 amide bonds. The van der Waals surface area contributed by atoms with Gasteiger partial charge >= 0.3 is 8.80 Å². The Labute approximate surface area is 286 Å². The van der Waals surface area contributed by atoms with Crippen molar-refractivity contribution in [3.63, 3.8) is 0 Å². The summed E-state index contributed by atoms with van der Waals surface area (Å²) in [7, 11) is 2.01. The van der Waals surface area contributed by atoms with Crippen LogP contribution >= 0.6 is 47.8 Å². The van der Waals surface area contributed by atoms with E-state index in [4.69, 9.17) is 13.3 Å². The van der Waals surface area contributed by atoms with E-state index in [0.29, 0.717) is 0 Å². The van der Waals surface area contributed by atoms with Crippen LogP contribution in [0.2, 0.25) is 0 Å². The molecule has 7 heteroatoms. The van der Waals surface area contributed by atoms with E-state index in [9.17, 15) is 0 Å². The summed E-state index contributed by atoms with van der Waals surface area (Å²) in [6.45, 7) is 4.59. The molecule has 1 aliphatic carbocycles. The summed E-state index contributed by atoms with van der Waals surface area (Å²) < 4.78 is 21.7. The third-order valence-corrected chi connectivity index (χ3v) is 14.7. The smallest absolute Gasteiger partial charge is 0.373 e. The van der Waals surface area contributed by atoms with E-state index in [2.05, 4.69) is 98.0 Å². The quantitative estimate of drug-likeness (QED) is 0.0948. The van der Waals surface area contributed by atoms with E-state index in [-0.39, 0.29) is 5.41 Å². The van der Waals surface area contributed by atoms with Gasteiger partial charge in [-0.25, -0.2) is 0 Å². The second-order valence-electron chi connectivity index (χ2n) is 12.1. The Morgan fingerprint density at radius 3 is 1.72 bits per heavy atom. The summed E-state index contributed by atoms with van der Waals surface area (Å²) in [5.41, 5.74) is 5.46. The average molecular weight is 798 g/mol. The first-order chi connectivity index (χ1) is 20.8. The fourth-order valence-electron chi connectivity index (χ4n) is 7.29. The van der Waals surface area contributed by atoms with Crippen molar-refractivity contribution in [2.24, 2.45) is 0 Å². The summed E-state index contributed by atoms with van der Waals surface area (Å²) in [6, 6.07) is 13.6. The molecule has 3 nitrogen and oxygen atoms in total. The first kappa shape index (κ1) is 35.3. The van der Waals surface area contributed by atoms with Gasteiger partial charge in [-0.3, -0.25) is 0 Å². The van der Waals surface area contributed by atoms with Crippen molar-refractivity contribution in [3.05, 3.63) is 60.9 Å². The molecular weight excluding hydrogens is 748 g/mol. The van der Waals surface area contributed by atoms with Gasteiger partial charge in [-0.1, -0.05) is 125 Å². The van der Waals surface area contributed by atoms with Crippen molar-refractivity contribution in [1.82, 2.24) is 0 Å². The van der Waals surface area contributed by atoms with Gasteiger partial charge in [0.05, 0.1) is 0 Å². The highest BCUT2D eigenvalue weighted by Crippen LogP contribution is 2.58. The van der Waals surface area contributed by atoms with Gasteiger partial charge in [-0.2, -0.15) is 0 Å². The molecule has 3 aromatic carbocycles. The molecule has 3 aromatic rings. The van der Waals surface area contributed by atoms with E-state index in [1.165, 1.54) is 105 Å². The molecule has 0 bridgehead atoms. The largest absolute Gasteiger partial charge is 0.537 e. The molecule has 43 heavy (non-hydrogen) atoms. The van der Waals surface area contributed by atoms with Crippen LogP contribution in [0.1, 0.15) is 115 Å². The highest BCUT2D eigenvalue weighted by molar-refractivity contribution is 9.13. The van der Waals surface area contributed by atoms with E-state index in [1.54, 1.807) is 21.3 Å². The fraction of sp³-hybridized carbons (Fsp3) is 0.556. The first-order valence-electron chi connectivity index (χ1n) is 16.3. The maximum absolute atomic E-state index is 6.15. The van der Waals surface area contributed by atoms with Crippen molar-refractivity contribution < 1.29 is 13.3 Å². The maximum Gasteiger partial charge on any atom is 0.537 e. The van der Waals surface area contributed by atoms with Crippen LogP contribution in [-0.4, -0.2) is 30.1 Å². The molecule has 0 saturated carbocycles. The first-order valence-corrected chi connectivity index (χ1v) is 20.4. The van der Waals surface area contributed by atoms with Crippen LogP contribution in [0.5, 0.6) is 0 Å². The van der Waals surface area contributed by atoms with Crippen molar-refractivity contribution in [2.45, 2.75) is 109 Å². The summed E-state index contributed by atoms with van der Waals surface area (Å²) >= 11 is 11.8. The monoisotopic (exact) mass is 794 g/mol. The summed E-state index contributed by atoms with van der Waals surface area (Å²) in [4.78, 5) is 0. The number of hydrogen-bond acceptors (Lipinski definition) is 3. The Morgan fingerprint density at radius 1 is 0.628 bits per heavy atom. The normalized spacial score (nSPS) is 14.0. The van der Waals surface area contributed by atoms with Crippen LogP contribution in [0.25, 0.3) is 21.9 Å². The Hall–Kier alpha value is -0.543. The van der Waals surface area contributed by atoms with E-state index in [1.807, 2.05) is 0 Å². The summed E-state index contributed by atoms with van der Waals surface area (Å²) in [5.74, 6) is 0. The maximum atomic E-state index is 6.15. The highest BCUT2D eigenvalue weighted by Gasteiger charge is 2.48. The molecule has 236 valence electrons. The lowest BCUT2D eigenvalue weighted by molar-refractivity contribution is 0.140. The molecule has 0 unspecified atom stereocenters. The SMILES string of the molecule is CCCCCCCCC1(CCCCCCCC)c2cc(Br)c(Br)cc2-c2c1cc([Si](OC)(OC)OC)c1cccc(Br)c21. The minimum absolute atomic E-state index is 0.0863. The number of fused-ring (bicyclic) bond motifs is 5. The molecule has 0 fully saturated rings. The van der Waals surface area contributed by atoms with Gasteiger partial charge in [0.15, 0.2) is 0 Å². The van der Waals surface area contributed by atoms with Crippen LogP contribution in [0.3, 0.4) is 0 Å². The van der Waals surface area contributed by atoms with Crippen molar-refractivity contribution >= 4 is 72.6 Å².